The second-order valence-corrected chi connectivity index (χ2v) is 7.82. The number of thioether (sulfide) groups is 1. The van der Waals surface area contributed by atoms with Crippen LogP contribution in [0.25, 0.3) is 5.69 Å². The van der Waals surface area contributed by atoms with Crippen molar-refractivity contribution in [2.24, 2.45) is 0 Å². The van der Waals surface area contributed by atoms with E-state index in [-0.39, 0.29) is 11.2 Å². The monoisotopic (exact) mass is 352 g/mol. The van der Waals surface area contributed by atoms with Crippen LogP contribution < -0.4 is 4.68 Å². The molecule has 1 heterocycles. The van der Waals surface area contributed by atoms with Crippen molar-refractivity contribution in [3.8, 4) is 5.69 Å². The molecule has 0 saturated heterocycles. The SMILES string of the molecule is CC(C)(C)c1ccc(C(=O)CSc2nc[nH][n+]2-c2ccccc2)cc1. The predicted molar refractivity (Wildman–Crippen MR) is 100 cm³/mol. The number of para-hydroxylation sites is 1. The molecule has 4 nitrogen and oxygen atoms in total. The van der Waals surface area contributed by atoms with E-state index in [0.717, 1.165) is 16.4 Å². The molecule has 5 heteroatoms. The number of aromatic amines is 1. The Morgan fingerprint density at radius 3 is 2.40 bits per heavy atom. The van der Waals surface area contributed by atoms with Gasteiger partial charge in [-0.1, -0.05) is 63.2 Å². The molecule has 0 fully saturated rings. The highest BCUT2D eigenvalue weighted by atomic mass is 32.2. The molecule has 0 bridgehead atoms. The molecule has 3 aromatic rings. The summed E-state index contributed by atoms with van der Waals surface area (Å²) in [6.45, 7) is 6.50. The third-order valence-corrected chi connectivity index (χ3v) is 4.93. The van der Waals surface area contributed by atoms with Crippen LogP contribution in [0.15, 0.2) is 66.1 Å². The van der Waals surface area contributed by atoms with Crippen LogP contribution in [0.1, 0.15) is 36.7 Å². The van der Waals surface area contributed by atoms with E-state index in [0.29, 0.717) is 5.75 Å². The van der Waals surface area contributed by atoms with Crippen molar-refractivity contribution in [1.82, 2.24) is 10.1 Å². The van der Waals surface area contributed by atoms with Crippen LogP contribution in [0.3, 0.4) is 0 Å². The number of carbonyl (C=O) groups excluding carboxylic acids is 1. The Morgan fingerprint density at radius 2 is 1.76 bits per heavy atom. The van der Waals surface area contributed by atoms with Gasteiger partial charge in [0.05, 0.1) is 5.75 Å². The Morgan fingerprint density at radius 1 is 1.08 bits per heavy atom. The number of Topliss-reactive ketones (excluding diaryl/α,β-unsaturated/α-hetero) is 1. The number of hydrogen-bond donors (Lipinski definition) is 1. The first-order chi connectivity index (χ1) is 11.9. The van der Waals surface area contributed by atoms with E-state index >= 15 is 0 Å². The van der Waals surface area contributed by atoms with Gasteiger partial charge in [-0.25, -0.2) is 0 Å². The molecule has 3 rings (SSSR count). The van der Waals surface area contributed by atoms with Gasteiger partial charge in [-0.05, 0) is 39.9 Å². The first-order valence-electron chi connectivity index (χ1n) is 8.22. The van der Waals surface area contributed by atoms with E-state index in [1.807, 2.05) is 59.3 Å². The third kappa shape index (κ3) is 4.17. The fourth-order valence-corrected chi connectivity index (χ4v) is 3.33. The standard InChI is InChI=1S/C20H21N3OS/c1-20(2,3)16-11-9-15(10-12-16)18(24)13-25-19-21-14-22-23(19)17-7-5-4-6-8-17/h4-12,14H,13H2,1-3H3/p+1. The van der Waals surface area contributed by atoms with Gasteiger partial charge in [0.1, 0.15) is 0 Å². The molecule has 0 spiro atoms. The van der Waals surface area contributed by atoms with Gasteiger partial charge in [-0.2, -0.15) is 5.10 Å². The topological polar surface area (TPSA) is 49.6 Å². The Bertz CT molecular complexity index is 849. The van der Waals surface area contributed by atoms with Crippen LogP contribution in [-0.4, -0.2) is 21.6 Å². The smallest absolute Gasteiger partial charge is 0.293 e. The largest absolute Gasteiger partial charge is 0.385 e. The van der Waals surface area contributed by atoms with E-state index in [1.54, 1.807) is 6.33 Å². The Kier molecular flexibility index (Phi) is 5.04. The fraction of sp³-hybridized carbons (Fsp3) is 0.250. The summed E-state index contributed by atoms with van der Waals surface area (Å²) < 4.78 is 1.88. The minimum absolute atomic E-state index is 0.0899. The maximum absolute atomic E-state index is 12.5. The summed E-state index contributed by atoms with van der Waals surface area (Å²) in [5.74, 6) is 0.458. The van der Waals surface area contributed by atoms with Crippen molar-refractivity contribution >= 4 is 17.5 Å². The summed E-state index contributed by atoms with van der Waals surface area (Å²) in [4.78, 5) is 16.8. The molecule has 0 unspecified atom stereocenters. The predicted octanol–water partition coefficient (Wildman–Crippen LogP) is 3.96. The molecule has 0 saturated carbocycles. The van der Waals surface area contributed by atoms with Crippen molar-refractivity contribution in [2.75, 3.05) is 5.75 Å². The van der Waals surface area contributed by atoms with Crippen LogP contribution >= 0.6 is 11.8 Å². The average Bonchev–Trinajstić information content (AvgIpc) is 3.08. The van der Waals surface area contributed by atoms with Crippen LogP contribution in [0, 0.1) is 0 Å². The summed E-state index contributed by atoms with van der Waals surface area (Å²) in [5.41, 5.74) is 3.05. The number of rotatable bonds is 5. The normalized spacial score (nSPS) is 11.5. The van der Waals surface area contributed by atoms with E-state index < -0.39 is 0 Å². The molecular weight excluding hydrogens is 330 g/mol. The number of benzene rings is 2. The highest BCUT2D eigenvalue weighted by molar-refractivity contribution is 7.99. The molecule has 2 aromatic carbocycles. The van der Waals surface area contributed by atoms with Crippen molar-refractivity contribution in [3.63, 3.8) is 0 Å². The first-order valence-corrected chi connectivity index (χ1v) is 9.21. The summed E-state index contributed by atoms with van der Waals surface area (Å²) >= 11 is 1.43. The Hall–Kier alpha value is -2.40. The van der Waals surface area contributed by atoms with Crippen LogP contribution in [-0.2, 0) is 5.41 Å². The molecule has 1 N–H and O–H groups in total. The number of hydrogen-bond acceptors (Lipinski definition) is 3. The zero-order chi connectivity index (χ0) is 17.9. The van der Waals surface area contributed by atoms with E-state index in [2.05, 4.69) is 30.9 Å². The second kappa shape index (κ2) is 7.23. The molecule has 0 atom stereocenters. The summed E-state index contributed by atoms with van der Waals surface area (Å²) in [5, 5.41) is 3.85. The third-order valence-electron chi connectivity index (χ3n) is 3.97. The minimum Gasteiger partial charge on any atom is -0.293 e. The molecule has 128 valence electrons. The van der Waals surface area contributed by atoms with Gasteiger partial charge in [0.25, 0.3) is 0 Å². The highest BCUT2D eigenvalue weighted by Crippen LogP contribution is 2.23. The lowest BCUT2D eigenvalue weighted by atomic mass is 9.86. The maximum atomic E-state index is 12.5. The zero-order valence-corrected chi connectivity index (χ0v) is 15.5. The van der Waals surface area contributed by atoms with Crippen LogP contribution in [0.4, 0.5) is 0 Å². The number of carbonyl (C=O) groups is 1. The number of ketones is 1. The lowest BCUT2D eigenvalue weighted by molar-refractivity contribution is -0.694. The molecule has 25 heavy (non-hydrogen) atoms. The quantitative estimate of drug-likeness (QED) is 0.430. The molecule has 0 aliphatic rings. The van der Waals surface area contributed by atoms with Crippen molar-refractivity contribution in [1.29, 1.82) is 0 Å². The molecule has 0 radical (unpaired) electrons. The average molecular weight is 352 g/mol. The van der Waals surface area contributed by atoms with Crippen LogP contribution in [0.5, 0.6) is 0 Å². The van der Waals surface area contributed by atoms with Gasteiger partial charge in [-0.15, -0.1) is 4.68 Å². The van der Waals surface area contributed by atoms with Gasteiger partial charge in [0, 0.05) is 5.56 Å². The van der Waals surface area contributed by atoms with E-state index in [1.165, 1.54) is 17.3 Å². The lowest BCUT2D eigenvalue weighted by Gasteiger charge is -2.18. The highest BCUT2D eigenvalue weighted by Gasteiger charge is 2.19. The summed E-state index contributed by atoms with van der Waals surface area (Å²) in [6, 6.07) is 17.8. The molecule has 0 aliphatic heterocycles. The number of nitrogens with zero attached hydrogens (tertiary/aromatic N) is 2. The zero-order valence-electron chi connectivity index (χ0n) is 14.7. The fourth-order valence-electron chi connectivity index (χ4n) is 2.49. The van der Waals surface area contributed by atoms with Crippen molar-refractivity contribution in [3.05, 3.63) is 72.1 Å². The Balaban J connectivity index is 1.69. The second-order valence-electron chi connectivity index (χ2n) is 6.88. The molecule has 0 amide bonds. The van der Waals surface area contributed by atoms with E-state index in [4.69, 9.17) is 0 Å². The van der Waals surface area contributed by atoms with Crippen molar-refractivity contribution < 1.29 is 9.48 Å². The number of H-pyrrole nitrogens is 1. The summed E-state index contributed by atoms with van der Waals surface area (Å²) in [6.07, 6.45) is 1.64. The lowest BCUT2D eigenvalue weighted by Crippen LogP contribution is -2.34. The minimum atomic E-state index is 0.0899. The Labute approximate surface area is 152 Å². The summed E-state index contributed by atoms with van der Waals surface area (Å²) in [7, 11) is 0. The maximum Gasteiger partial charge on any atom is 0.385 e. The molecular formula is C20H22N3OS+. The van der Waals surface area contributed by atoms with Gasteiger partial charge < -0.3 is 0 Å². The van der Waals surface area contributed by atoms with Crippen LogP contribution in [0.2, 0.25) is 0 Å². The first kappa shape index (κ1) is 17.4. The van der Waals surface area contributed by atoms with Gasteiger partial charge >= 0.3 is 5.16 Å². The molecule has 0 aliphatic carbocycles. The number of aromatic nitrogens is 3. The van der Waals surface area contributed by atoms with Crippen molar-refractivity contribution in [2.45, 2.75) is 31.3 Å². The van der Waals surface area contributed by atoms with Gasteiger partial charge in [0.2, 0.25) is 6.33 Å². The van der Waals surface area contributed by atoms with Gasteiger partial charge in [0.15, 0.2) is 11.5 Å². The van der Waals surface area contributed by atoms with Gasteiger partial charge in [-0.3, -0.25) is 4.79 Å². The van der Waals surface area contributed by atoms with E-state index in [9.17, 15) is 4.79 Å². The molecule has 1 aromatic heterocycles. The number of nitrogens with one attached hydrogen (secondary N) is 1.